The van der Waals surface area contributed by atoms with Crippen LogP contribution in [0.3, 0.4) is 0 Å². The van der Waals surface area contributed by atoms with Gasteiger partial charge in [-0.1, -0.05) is 48.0 Å². The SMILES string of the molecule is CCn1c(-c2ccccc2-c2ccc(C)cc2C)nc2cc(-n3cnc(C)n3)ccc21. The van der Waals surface area contributed by atoms with Crippen LogP contribution in [0.5, 0.6) is 0 Å². The van der Waals surface area contributed by atoms with Crippen molar-refractivity contribution >= 4 is 11.0 Å². The summed E-state index contributed by atoms with van der Waals surface area (Å²) in [6, 6.07) is 21.5. The Balaban J connectivity index is 1.70. The van der Waals surface area contributed by atoms with Crippen molar-refractivity contribution in [1.82, 2.24) is 24.3 Å². The maximum Gasteiger partial charge on any atom is 0.147 e. The largest absolute Gasteiger partial charge is 0.324 e. The minimum absolute atomic E-state index is 0.752. The Morgan fingerprint density at radius 1 is 0.839 bits per heavy atom. The Labute approximate surface area is 182 Å². The van der Waals surface area contributed by atoms with Crippen molar-refractivity contribution in [2.75, 3.05) is 0 Å². The summed E-state index contributed by atoms with van der Waals surface area (Å²) in [4.78, 5) is 9.33. The first-order chi connectivity index (χ1) is 15.0. The van der Waals surface area contributed by atoms with Gasteiger partial charge in [-0.2, -0.15) is 5.10 Å². The molecule has 0 unspecified atom stereocenters. The van der Waals surface area contributed by atoms with Crippen molar-refractivity contribution in [2.24, 2.45) is 0 Å². The molecule has 0 aliphatic heterocycles. The minimum Gasteiger partial charge on any atom is -0.324 e. The molecular weight excluding hydrogens is 382 g/mol. The highest BCUT2D eigenvalue weighted by Crippen LogP contribution is 2.35. The quantitative estimate of drug-likeness (QED) is 0.373. The van der Waals surface area contributed by atoms with E-state index >= 15 is 0 Å². The van der Waals surface area contributed by atoms with Crippen LogP contribution in [0.1, 0.15) is 23.9 Å². The van der Waals surface area contributed by atoms with Crippen LogP contribution in [0.15, 0.2) is 67.0 Å². The minimum atomic E-state index is 0.752. The second kappa shape index (κ2) is 7.51. The van der Waals surface area contributed by atoms with E-state index in [1.807, 2.05) is 6.92 Å². The average Bonchev–Trinajstić information content (AvgIpc) is 3.36. The van der Waals surface area contributed by atoms with Gasteiger partial charge in [0.15, 0.2) is 0 Å². The van der Waals surface area contributed by atoms with E-state index < -0.39 is 0 Å². The molecule has 0 aliphatic carbocycles. The Kier molecular flexibility index (Phi) is 4.66. The maximum atomic E-state index is 5.08. The summed E-state index contributed by atoms with van der Waals surface area (Å²) < 4.78 is 4.08. The first-order valence-electron chi connectivity index (χ1n) is 10.6. The van der Waals surface area contributed by atoms with E-state index in [0.717, 1.165) is 40.5 Å². The molecule has 0 saturated heterocycles. The lowest BCUT2D eigenvalue weighted by Crippen LogP contribution is -1.99. The van der Waals surface area contributed by atoms with Crippen molar-refractivity contribution in [2.45, 2.75) is 34.2 Å². The van der Waals surface area contributed by atoms with Crippen LogP contribution in [0.25, 0.3) is 39.2 Å². The van der Waals surface area contributed by atoms with Gasteiger partial charge >= 0.3 is 0 Å². The topological polar surface area (TPSA) is 48.5 Å². The van der Waals surface area contributed by atoms with Gasteiger partial charge < -0.3 is 4.57 Å². The summed E-state index contributed by atoms with van der Waals surface area (Å²) in [5.41, 5.74) is 9.18. The molecule has 0 amide bonds. The fourth-order valence-electron chi connectivity index (χ4n) is 4.29. The van der Waals surface area contributed by atoms with Crippen molar-refractivity contribution in [1.29, 1.82) is 0 Å². The molecule has 5 heteroatoms. The summed E-state index contributed by atoms with van der Waals surface area (Å²) in [6.45, 7) is 9.21. The van der Waals surface area contributed by atoms with E-state index in [0.29, 0.717) is 0 Å². The monoisotopic (exact) mass is 407 g/mol. The molecule has 2 heterocycles. The van der Waals surface area contributed by atoms with E-state index in [2.05, 4.69) is 96.1 Å². The lowest BCUT2D eigenvalue weighted by Gasteiger charge is -2.14. The van der Waals surface area contributed by atoms with Gasteiger partial charge in [-0.05, 0) is 62.6 Å². The molecular formula is C26H25N5. The summed E-state index contributed by atoms with van der Waals surface area (Å²) in [5, 5.41) is 4.44. The second-order valence-corrected chi connectivity index (χ2v) is 7.95. The van der Waals surface area contributed by atoms with Crippen molar-refractivity contribution in [3.8, 4) is 28.2 Å². The molecule has 154 valence electrons. The highest BCUT2D eigenvalue weighted by Gasteiger charge is 2.17. The highest BCUT2D eigenvalue weighted by atomic mass is 15.3. The van der Waals surface area contributed by atoms with E-state index in [-0.39, 0.29) is 0 Å². The van der Waals surface area contributed by atoms with Crippen LogP contribution in [0, 0.1) is 20.8 Å². The van der Waals surface area contributed by atoms with Crippen molar-refractivity contribution in [3.63, 3.8) is 0 Å². The molecule has 0 radical (unpaired) electrons. The molecule has 0 saturated carbocycles. The number of hydrogen-bond donors (Lipinski definition) is 0. The summed E-state index contributed by atoms with van der Waals surface area (Å²) in [7, 11) is 0. The standard InChI is InChI=1S/C26H25N5/c1-5-30-25-13-11-20(31-16-27-19(4)29-31)15-24(25)28-26(30)23-9-7-6-8-22(23)21-12-10-17(2)14-18(21)3/h6-16H,5H2,1-4H3. The lowest BCUT2D eigenvalue weighted by molar-refractivity contribution is 0.796. The Morgan fingerprint density at radius 3 is 2.35 bits per heavy atom. The number of nitrogens with zero attached hydrogens (tertiary/aromatic N) is 5. The van der Waals surface area contributed by atoms with E-state index in [1.54, 1.807) is 11.0 Å². The van der Waals surface area contributed by atoms with E-state index in [9.17, 15) is 0 Å². The molecule has 0 bridgehead atoms. The number of rotatable bonds is 4. The van der Waals surface area contributed by atoms with Gasteiger partial charge in [0, 0.05) is 12.1 Å². The molecule has 0 atom stereocenters. The Bertz CT molecular complexity index is 1410. The number of aromatic nitrogens is 5. The normalized spacial score (nSPS) is 11.4. The number of aryl methyl sites for hydroxylation is 4. The van der Waals surface area contributed by atoms with Crippen molar-refractivity contribution in [3.05, 3.63) is 83.9 Å². The van der Waals surface area contributed by atoms with Crippen LogP contribution in [0.2, 0.25) is 0 Å². The fourth-order valence-corrected chi connectivity index (χ4v) is 4.29. The van der Waals surface area contributed by atoms with Gasteiger partial charge in [0.25, 0.3) is 0 Å². The molecule has 31 heavy (non-hydrogen) atoms. The zero-order valence-corrected chi connectivity index (χ0v) is 18.3. The number of benzene rings is 3. The molecule has 5 nitrogen and oxygen atoms in total. The van der Waals surface area contributed by atoms with Crippen LogP contribution in [-0.2, 0) is 6.54 Å². The van der Waals surface area contributed by atoms with Gasteiger partial charge in [0.2, 0.25) is 0 Å². The molecule has 5 aromatic rings. The molecule has 0 aliphatic rings. The zero-order valence-electron chi connectivity index (χ0n) is 18.3. The predicted molar refractivity (Wildman–Crippen MR) is 125 cm³/mol. The molecule has 5 rings (SSSR count). The van der Waals surface area contributed by atoms with E-state index in [4.69, 9.17) is 4.98 Å². The number of fused-ring (bicyclic) bond motifs is 1. The fraction of sp³-hybridized carbons (Fsp3) is 0.192. The summed E-state index contributed by atoms with van der Waals surface area (Å²) in [6.07, 6.45) is 1.74. The van der Waals surface area contributed by atoms with Gasteiger partial charge in [-0.25, -0.2) is 14.6 Å². The van der Waals surface area contributed by atoms with Crippen LogP contribution < -0.4 is 0 Å². The number of hydrogen-bond acceptors (Lipinski definition) is 3. The smallest absolute Gasteiger partial charge is 0.147 e. The van der Waals surface area contributed by atoms with Gasteiger partial charge in [-0.15, -0.1) is 0 Å². The second-order valence-electron chi connectivity index (χ2n) is 7.95. The lowest BCUT2D eigenvalue weighted by atomic mass is 9.94. The Morgan fingerprint density at radius 2 is 1.65 bits per heavy atom. The maximum absolute atomic E-state index is 5.08. The average molecular weight is 408 g/mol. The molecule has 3 aromatic carbocycles. The summed E-state index contributed by atoms with van der Waals surface area (Å²) in [5.74, 6) is 1.74. The summed E-state index contributed by atoms with van der Waals surface area (Å²) >= 11 is 0. The van der Waals surface area contributed by atoms with Crippen LogP contribution >= 0.6 is 0 Å². The predicted octanol–water partition coefficient (Wildman–Crippen LogP) is 5.90. The highest BCUT2D eigenvalue weighted by molar-refractivity contribution is 5.88. The van der Waals surface area contributed by atoms with Gasteiger partial charge in [0.05, 0.1) is 16.7 Å². The van der Waals surface area contributed by atoms with Gasteiger partial charge in [0.1, 0.15) is 18.0 Å². The third kappa shape index (κ3) is 3.32. The van der Waals surface area contributed by atoms with Crippen LogP contribution in [0.4, 0.5) is 0 Å². The number of imidazole rings is 1. The third-order valence-corrected chi connectivity index (χ3v) is 5.76. The van der Waals surface area contributed by atoms with E-state index in [1.165, 1.54) is 22.3 Å². The first-order valence-corrected chi connectivity index (χ1v) is 10.6. The Hall–Kier alpha value is -3.73. The third-order valence-electron chi connectivity index (χ3n) is 5.76. The first kappa shape index (κ1) is 19.2. The molecule has 0 spiro atoms. The van der Waals surface area contributed by atoms with Crippen molar-refractivity contribution < 1.29 is 0 Å². The molecule has 0 N–H and O–H groups in total. The molecule has 0 fully saturated rings. The van der Waals surface area contributed by atoms with Crippen LogP contribution in [-0.4, -0.2) is 24.3 Å². The van der Waals surface area contributed by atoms with Gasteiger partial charge in [-0.3, -0.25) is 0 Å². The molecule has 2 aromatic heterocycles. The zero-order chi connectivity index (χ0) is 21.5.